The molecule has 3 heterocycles. The Hall–Kier alpha value is -2.43. The Morgan fingerprint density at radius 2 is 1.91 bits per heavy atom. The number of fused-ring (bicyclic) bond motifs is 6. The summed E-state index contributed by atoms with van der Waals surface area (Å²) in [5.41, 5.74) is 1.97. The quantitative estimate of drug-likeness (QED) is 0.129. The second-order valence-electron chi connectivity index (χ2n) is 8.82. The molecule has 2 aromatic rings. The molecule has 4 unspecified atom stereocenters. The van der Waals surface area contributed by atoms with Gasteiger partial charge in [0.05, 0.1) is 17.5 Å². The molecule has 0 radical (unpaired) electrons. The minimum Gasteiger partial charge on any atom is -0.357 e. The van der Waals surface area contributed by atoms with Gasteiger partial charge >= 0.3 is 0 Å². The largest absolute Gasteiger partial charge is 0.357 e. The van der Waals surface area contributed by atoms with Gasteiger partial charge in [0.25, 0.3) is 0 Å². The first-order valence-corrected chi connectivity index (χ1v) is 11.6. The predicted octanol–water partition coefficient (Wildman–Crippen LogP) is 2.25. The number of rotatable bonds is 8. The van der Waals surface area contributed by atoms with E-state index in [1.165, 1.54) is 4.90 Å². The van der Waals surface area contributed by atoms with E-state index < -0.39 is 0 Å². The summed E-state index contributed by atoms with van der Waals surface area (Å²) in [5, 5.41) is 6.60. The van der Waals surface area contributed by atoms with E-state index in [-0.39, 0.29) is 59.5 Å². The zero-order valence-electron chi connectivity index (χ0n) is 18.8. The van der Waals surface area contributed by atoms with Gasteiger partial charge in [-0.15, -0.1) is 24.0 Å². The lowest BCUT2D eigenvalue weighted by Gasteiger charge is -2.17. The summed E-state index contributed by atoms with van der Waals surface area (Å²) >= 11 is 0. The fourth-order valence-electron chi connectivity index (χ4n) is 5.36. The normalized spacial score (nSPS) is 25.6. The van der Waals surface area contributed by atoms with E-state index in [9.17, 15) is 9.59 Å². The molecule has 8 nitrogen and oxygen atoms in total. The number of hydrogen-bond acceptors (Lipinski definition) is 4. The summed E-state index contributed by atoms with van der Waals surface area (Å²) in [6.07, 6.45) is 10.7. The van der Waals surface area contributed by atoms with E-state index in [4.69, 9.17) is 0 Å². The summed E-state index contributed by atoms with van der Waals surface area (Å²) in [4.78, 5) is 36.2. The Kier molecular flexibility index (Phi) is 7.35. The van der Waals surface area contributed by atoms with Crippen LogP contribution in [0.15, 0.2) is 47.7 Å². The van der Waals surface area contributed by atoms with Crippen molar-refractivity contribution in [2.24, 2.45) is 28.7 Å². The van der Waals surface area contributed by atoms with Crippen LogP contribution in [0.3, 0.4) is 0 Å². The third-order valence-corrected chi connectivity index (χ3v) is 6.80. The van der Waals surface area contributed by atoms with E-state index in [2.05, 4.69) is 32.8 Å². The van der Waals surface area contributed by atoms with Crippen LogP contribution in [-0.4, -0.2) is 58.2 Å². The number of carbonyl (C=O) groups is 2. The monoisotopic (exact) mass is 562 g/mol. The molecule has 2 aromatic heterocycles. The molecule has 176 valence electrons. The summed E-state index contributed by atoms with van der Waals surface area (Å²) in [5.74, 6) is 1.11. The third-order valence-electron chi connectivity index (χ3n) is 6.80. The standard InChI is InChI=1S/C24H30N6O2.HI/c1-2-25-24(27-11-9-18-15-29-12-4-3-6-19(29)28-18)26-10-5-13-30-22(31)20-16-7-8-17(14-16)21(20)23(30)32;/h3-4,6-8,12,15-17,20-21H,2,5,9-11,13-14H2,1H3,(H2,25,26,27);1H. The summed E-state index contributed by atoms with van der Waals surface area (Å²) in [6.45, 7) is 4.53. The second kappa shape index (κ2) is 10.2. The number of aromatic nitrogens is 2. The Labute approximate surface area is 210 Å². The van der Waals surface area contributed by atoms with Crippen molar-refractivity contribution in [1.82, 2.24) is 24.9 Å². The van der Waals surface area contributed by atoms with E-state index in [1.54, 1.807) is 0 Å². The number of halogens is 1. The number of allylic oxidation sites excluding steroid dienone is 2. The predicted molar refractivity (Wildman–Crippen MR) is 137 cm³/mol. The van der Waals surface area contributed by atoms with Gasteiger partial charge in [-0.2, -0.15) is 0 Å². The maximum atomic E-state index is 12.8. The maximum Gasteiger partial charge on any atom is 0.233 e. The molecular weight excluding hydrogens is 531 g/mol. The van der Waals surface area contributed by atoms with Crippen molar-refractivity contribution in [3.05, 3.63) is 48.4 Å². The molecule has 5 rings (SSSR count). The Balaban J connectivity index is 0.00000259. The van der Waals surface area contributed by atoms with E-state index in [1.807, 2.05) is 41.9 Å². The number of nitrogens with one attached hydrogen (secondary N) is 2. The van der Waals surface area contributed by atoms with E-state index in [0.29, 0.717) is 19.5 Å². The smallest absolute Gasteiger partial charge is 0.233 e. The molecule has 2 fully saturated rings. The number of hydrogen-bond donors (Lipinski definition) is 2. The number of imidazole rings is 1. The first-order valence-electron chi connectivity index (χ1n) is 11.6. The van der Waals surface area contributed by atoms with Crippen LogP contribution in [0.1, 0.15) is 25.5 Å². The lowest BCUT2D eigenvalue weighted by molar-refractivity contribution is -0.140. The number of likely N-dealkylation sites (tertiary alicyclic amines) is 1. The van der Waals surface area contributed by atoms with Crippen molar-refractivity contribution in [3.8, 4) is 0 Å². The molecular formula is C24H31IN6O2. The van der Waals surface area contributed by atoms with Crippen LogP contribution in [0.4, 0.5) is 0 Å². The van der Waals surface area contributed by atoms with Crippen LogP contribution in [-0.2, 0) is 16.0 Å². The molecule has 33 heavy (non-hydrogen) atoms. The Morgan fingerprint density at radius 1 is 1.15 bits per heavy atom. The highest BCUT2D eigenvalue weighted by Gasteiger charge is 2.58. The van der Waals surface area contributed by atoms with Gasteiger partial charge in [-0.1, -0.05) is 18.2 Å². The molecule has 2 aliphatic carbocycles. The highest BCUT2D eigenvalue weighted by atomic mass is 127. The second-order valence-corrected chi connectivity index (χ2v) is 8.82. The molecule has 1 saturated heterocycles. The van der Waals surface area contributed by atoms with E-state index >= 15 is 0 Å². The molecule has 0 spiro atoms. The average molecular weight is 562 g/mol. The van der Waals surface area contributed by atoms with Gasteiger partial charge in [-0.3, -0.25) is 19.5 Å². The van der Waals surface area contributed by atoms with Gasteiger partial charge in [0.1, 0.15) is 5.65 Å². The summed E-state index contributed by atoms with van der Waals surface area (Å²) in [6, 6.07) is 5.97. The number of carbonyl (C=O) groups excluding carboxylic acids is 2. The molecule has 0 aromatic carbocycles. The lowest BCUT2D eigenvalue weighted by Crippen LogP contribution is -2.38. The highest BCUT2D eigenvalue weighted by Crippen LogP contribution is 2.52. The van der Waals surface area contributed by atoms with Crippen molar-refractivity contribution in [3.63, 3.8) is 0 Å². The number of nitrogens with zero attached hydrogens (tertiary/aromatic N) is 4. The van der Waals surface area contributed by atoms with Crippen LogP contribution in [0.5, 0.6) is 0 Å². The molecule has 3 aliphatic rings. The van der Waals surface area contributed by atoms with Crippen molar-refractivity contribution < 1.29 is 9.59 Å². The number of pyridine rings is 1. The van der Waals surface area contributed by atoms with Crippen molar-refractivity contribution in [1.29, 1.82) is 0 Å². The first kappa shape index (κ1) is 23.7. The molecule has 1 saturated carbocycles. The fourth-order valence-corrected chi connectivity index (χ4v) is 5.36. The molecule has 2 bridgehead atoms. The molecule has 9 heteroatoms. The molecule has 2 amide bonds. The first-order chi connectivity index (χ1) is 15.7. The minimum atomic E-state index is -0.111. The van der Waals surface area contributed by atoms with Crippen LogP contribution in [0, 0.1) is 23.7 Å². The summed E-state index contributed by atoms with van der Waals surface area (Å²) < 4.78 is 2.02. The van der Waals surface area contributed by atoms with Crippen molar-refractivity contribution in [2.75, 3.05) is 26.2 Å². The third kappa shape index (κ3) is 4.64. The van der Waals surface area contributed by atoms with Crippen LogP contribution >= 0.6 is 24.0 Å². The average Bonchev–Trinajstić information content (AvgIpc) is 3.55. The van der Waals surface area contributed by atoms with Gasteiger partial charge in [-0.25, -0.2) is 4.98 Å². The number of guanidine groups is 1. The zero-order valence-corrected chi connectivity index (χ0v) is 21.1. The topological polar surface area (TPSA) is 91.1 Å². The van der Waals surface area contributed by atoms with Crippen molar-refractivity contribution >= 4 is 47.4 Å². The van der Waals surface area contributed by atoms with Gasteiger partial charge in [-0.05, 0) is 43.7 Å². The Bertz CT molecular complexity index is 1020. The fraction of sp³-hybridized carbons (Fsp3) is 0.500. The van der Waals surface area contributed by atoms with Gasteiger partial charge < -0.3 is 15.0 Å². The lowest BCUT2D eigenvalue weighted by atomic mass is 9.85. The molecule has 2 N–H and O–H groups in total. The Morgan fingerprint density at radius 3 is 2.61 bits per heavy atom. The van der Waals surface area contributed by atoms with E-state index in [0.717, 1.165) is 43.2 Å². The molecule has 1 aliphatic heterocycles. The number of aliphatic imine (C=N–C) groups is 1. The van der Waals surface area contributed by atoms with Gasteiger partial charge in [0.2, 0.25) is 11.8 Å². The van der Waals surface area contributed by atoms with Crippen LogP contribution < -0.4 is 10.6 Å². The zero-order chi connectivity index (χ0) is 22.1. The van der Waals surface area contributed by atoms with Crippen LogP contribution in [0.2, 0.25) is 0 Å². The maximum absolute atomic E-state index is 12.8. The highest BCUT2D eigenvalue weighted by molar-refractivity contribution is 14.0. The molecule has 4 atom stereocenters. The minimum absolute atomic E-state index is 0. The number of imide groups is 1. The van der Waals surface area contributed by atoms with Gasteiger partial charge in [0, 0.05) is 45.0 Å². The van der Waals surface area contributed by atoms with Crippen LogP contribution in [0.25, 0.3) is 5.65 Å². The van der Waals surface area contributed by atoms with Gasteiger partial charge in [0.15, 0.2) is 5.96 Å². The van der Waals surface area contributed by atoms with Crippen molar-refractivity contribution in [2.45, 2.75) is 26.2 Å². The SMILES string of the molecule is CCNC(=NCCCN1C(=O)C2C3C=CC(C3)C2C1=O)NCCc1cn2ccccc2n1.I. The number of amides is 2. The summed E-state index contributed by atoms with van der Waals surface area (Å²) in [7, 11) is 0.